The van der Waals surface area contributed by atoms with Crippen molar-refractivity contribution in [2.45, 2.75) is 19.4 Å². The third kappa shape index (κ3) is 6.15. The maximum Gasteiger partial charge on any atom is 0.326 e. The lowest BCUT2D eigenvalue weighted by Crippen LogP contribution is -2.40. The fraction of sp³-hybridized carbons (Fsp3) is 0.385. The smallest absolute Gasteiger partial charge is 0.326 e. The van der Waals surface area contributed by atoms with Crippen molar-refractivity contribution in [3.05, 3.63) is 30.2 Å². The molecule has 0 spiro atoms. The lowest BCUT2D eigenvalue weighted by molar-refractivity contribution is -0.141. The Morgan fingerprint density at radius 1 is 1.58 bits per heavy atom. The number of furan rings is 1. The zero-order valence-electron chi connectivity index (χ0n) is 10.7. The molecule has 1 amide bonds. The van der Waals surface area contributed by atoms with Gasteiger partial charge < -0.3 is 14.8 Å². The summed E-state index contributed by atoms with van der Waals surface area (Å²) < 4.78 is 5.03. The first-order chi connectivity index (χ1) is 9.13. The minimum absolute atomic E-state index is 0.411. The van der Waals surface area contributed by atoms with Crippen LogP contribution >= 0.6 is 11.8 Å². The molecule has 0 aliphatic heterocycles. The Kier molecular flexibility index (Phi) is 6.81. The fourth-order valence-corrected chi connectivity index (χ4v) is 2.06. The summed E-state index contributed by atoms with van der Waals surface area (Å²) in [6, 6.07) is 2.56. The SMILES string of the molecule is CCSCCC(NC(=O)/C=C/c1ccco1)C(=O)O. The van der Waals surface area contributed by atoms with E-state index in [1.54, 1.807) is 23.9 Å². The van der Waals surface area contributed by atoms with Crippen molar-refractivity contribution in [2.75, 3.05) is 11.5 Å². The Hall–Kier alpha value is -1.69. The van der Waals surface area contributed by atoms with E-state index < -0.39 is 17.9 Å². The van der Waals surface area contributed by atoms with Gasteiger partial charge >= 0.3 is 5.97 Å². The summed E-state index contributed by atoms with van der Waals surface area (Å²) in [5.74, 6) is 0.722. The van der Waals surface area contributed by atoms with Gasteiger partial charge in [0.2, 0.25) is 5.91 Å². The van der Waals surface area contributed by atoms with E-state index in [0.717, 1.165) is 5.75 Å². The number of hydrogen-bond acceptors (Lipinski definition) is 4. The van der Waals surface area contributed by atoms with Crippen LogP contribution in [0.3, 0.4) is 0 Å². The van der Waals surface area contributed by atoms with Crippen molar-refractivity contribution >= 4 is 29.7 Å². The Labute approximate surface area is 116 Å². The van der Waals surface area contributed by atoms with Gasteiger partial charge in [-0.05, 0) is 36.1 Å². The maximum absolute atomic E-state index is 11.6. The summed E-state index contributed by atoms with van der Waals surface area (Å²) in [5.41, 5.74) is 0. The van der Waals surface area contributed by atoms with Crippen LogP contribution < -0.4 is 5.32 Å². The molecule has 0 saturated heterocycles. The highest BCUT2D eigenvalue weighted by Gasteiger charge is 2.18. The average Bonchev–Trinajstić information content (AvgIpc) is 2.88. The van der Waals surface area contributed by atoms with E-state index in [9.17, 15) is 9.59 Å². The second-order valence-electron chi connectivity index (χ2n) is 3.73. The number of hydrogen-bond donors (Lipinski definition) is 2. The second-order valence-corrected chi connectivity index (χ2v) is 5.13. The van der Waals surface area contributed by atoms with Crippen LogP contribution in [0.25, 0.3) is 6.08 Å². The number of carboxylic acids is 1. The molecule has 1 atom stereocenters. The molecule has 2 N–H and O–H groups in total. The molecule has 1 heterocycles. The maximum atomic E-state index is 11.6. The van der Waals surface area contributed by atoms with E-state index >= 15 is 0 Å². The van der Waals surface area contributed by atoms with Crippen LogP contribution in [-0.4, -0.2) is 34.5 Å². The molecule has 19 heavy (non-hydrogen) atoms. The van der Waals surface area contributed by atoms with Crippen molar-refractivity contribution in [1.29, 1.82) is 0 Å². The number of amides is 1. The molecule has 1 rings (SSSR count). The lowest BCUT2D eigenvalue weighted by atomic mass is 10.2. The molecule has 1 unspecified atom stereocenters. The summed E-state index contributed by atoms with van der Waals surface area (Å²) in [6.07, 6.45) is 4.67. The summed E-state index contributed by atoms with van der Waals surface area (Å²) in [5, 5.41) is 11.5. The van der Waals surface area contributed by atoms with Gasteiger partial charge in [-0.2, -0.15) is 11.8 Å². The Morgan fingerprint density at radius 2 is 2.37 bits per heavy atom. The van der Waals surface area contributed by atoms with Gasteiger partial charge in [-0.1, -0.05) is 6.92 Å². The van der Waals surface area contributed by atoms with E-state index in [0.29, 0.717) is 17.9 Å². The molecule has 0 fully saturated rings. The number of thioether (sulfide) groups is 1. The molecule has 0 saturated carbocycles. The van der Waals surface area contributed by atoms with Crippen LogP contribution in [0, 0.1) is 0 Å². The van der Waals surface area contributed by atoms with Gasteiger partial charge in [-0.15, -0.1) is 0 Å². The van der Waals surface area contributed by atoms with E-state index in [2.05, 4.69) is 5.32 Å². The summed E-state index contributed by atoms with van der Waals surface area (Å²) in [6.45, 7) is 2.01. The van der Waals surface area contributed by atoms with Crippen molar-refractivity contribution in [3.8, 4) is 0 Å². The van der Waals surface area contributed by atoms with Crippen LogP contribution in [0.1, 0.15) is 19.1 Å². The number of nitrogens with one attached hydrogen (secondary N) is 1. The average molecular weight is 283 g/mol. The molecule has 1 aromatic rings. The van der Waals surface area contributed by atoms with Crippen LogP contribution in [0.2, 0.25) is 0 Å². The highest BCUT2D eigenvalue weighted by molar-refractivity contribution is 7.99. The number of carbonyl (C=O) groups excluding carboxylic acids is 1. The molecule has 0 radical (unpaired) electrons. The predicted octanol–water partition coefficient (Wildman–Crippen LogP) is 2.01. The quantitative estimate of drug-likeness (QED) is 0.563. The first-order valence-corrected chi connectivity index (χ1v) is 7.11. The van der Waals surface area contributed by atoms with Gasteiger partial charge in [0.1, 0.15) is 11.8 Å². The van der Waals surface area contributed by atoms with Crippen molar-refractivity contribution in [2.24, 2.45) is 0 Å². The zero-order chi connectivity index (χ0) is 14.1. The Balaban J connectivity index is 2.44. The first kappa shape index (κ1) is 15.4. The molecule has 0 bridgehead atoms. The van der Waals surface area contributed by atoms with Gasteiger partial charge in [-0.25, -0.2) is 4.79 Å². The van der Waals surface area contributed by atoms with E-state index in [4.69, 9.17) is 9.52 Å². The molecule has 6 heteroatoms. The third-order valence-corrected chi connectivity index (χ3v) is 3.24. The number of carbonyl (C=O) groups is 2. The highest BCUT2D eigenvalue weighted by atomic mass is 32.2. The minimum Gasteiger partial charge on any atom is -0.480 e. The van der Waals surface area contributed by atoms with E-state index in [1.807, 2.05) is 6.92 Å². The normalized spacial score (nSPS) is 12.5. The van der Waals surface area contributed by atoms with Crippen molar-refractivity contribution < 1.29 is 19.1 Å². The topological polar surface area (TPSA) is 79.5 Å². The Morgan fingerprint density at radius 3 is 2.95 bits per heavy atom. The largest absolute Gasteiger partial charge is 0.480 e. The molecule has 5 nitrogen and oxygen atoms in total. The lowest BCUT2D eigenvalue weighted by Gasteiger charge is -2.12. The van der Waals surface area contributed by atoms with Crippen molar-refractivity contribution in [3.63, 3.8) is 0 Å². The molecule has 0 aromatic carbocycles. The van der Waals surface area contributed by atoms with Crippen LogP contribution in [0.4, 0.5) is 0 Å². The van der Waals surface area contributed by atoms with Crippen molar-refractivity contribution in [1.82, 2.24) is 5.32 Å². The third-order valence-electron chi connectivity index (χ3n) is 2.31. The highest BCUT2D eigenvalue weighted by Crippen LogP contribution is 2.05. The molecular formula is C13H17NO4S. The van der Waals surface area contributed by atoms with E-state index in [-0.39, 0.29) is 0 Å². The van der Waals surface area contributed by atoms with Gasteiger partial charge in [0.05, 0.1) is 6.26 Å². The molecule has 1 aromatic heterocycles. The first-order valence-electron chi connectivity index (χ1n) is 5.96. The standard InChI is InChI=1S/C13H17NO4S/c1-2-19-9-7-11(13(16)17)14-12(15)6-5-10-4-3-8-18-10/h3-6,8,11H,2,7,9H2,1H3,(H,14,15)(H,16,17)/b6-5+. The number of carboxylic acid groups (broad SMARTS) is 1. The number of rotatable bonds is 8. The zero-order valence-corrected chi connectivity index (χ0v) is 11.5. The molecular weight excluding hydrogens is 266 g/mol. The summed E-state index contributed by atoms with van der Waals surface area (Å²) in [7, 11) is 0. The minimum atomic E-state index is -1.02. The number of aliphatic carboxylic acids is 1. The molecule has 0 aliphatic carbocycles. The second kappa shape index (κ2) is 8.42. The monoisotopic (exact) mass is 283 g/mol. The summed E-state index contributed by atoms with van der Waals surface area (Å²) >= 11 is 1.64. The van der Waals surface area contributed by atoms with Gasteiger partial charge in [0.15, 0.2) is 0 Å². The van der Waals surface area contributed by atoms with Crippen LogP contribution in [0.15, 0.2) is 28.9 Å². The predicted molar refractivity (Wildman–Crippen MR) is 74.9 cm³/mol. The molecule has 104 valence electrons. The van der Waals surface area contributed by atoms with Gasteiger partial charge in [0, 0.05) is 6.08 Å². The Bertz CT molecular complexity index is 428. The van der Waals surface area contributed by atoms with Crippen LogP contribution in [-0.2, 0) is 9.59 Å². The van der Waals surface area contributed by atoms with Gasteiger partial charge in [0.25, 0.3) is 0 Å². The summed E-state index contributed by atoms with van der Waals surface area (Å²) in [4.78, 5) is 22.6. The fourth-order valence-electron chi connectivity index (χ4n) is 1.37. The van der Waals surface area contributed by atoms with Gasteiger partial charge in [-0.3, -0.25) is 4.79 Å². The van der Waals surface area contributed by atoms with Crippen LogP contribution in [0.5, 0.6) is 0 Å². The van der Waals surface area contributed by atoms with E-state index in [1.165, 1.54) is 18.4 Å². The molecule has 0 aliphatic rings.